The minimum atomic E-state index is -0.425. The van der Waals surface area contributed by atoms with Gasteiger partial charge in [0.25, 0.3) is 5.69 Å². The zero-order valence-corrected chi connectivity index (χ0v) is 14.1. The van der Waals surface area contributed by atoms with Gasteiger partial charge in [0.15, 0.2) is 0 Å². The monoisotopic (exact) mass is 354 g/mol. The molecular weight excluding hydrogens is 340 g/mol. The molecule has 1 heterocycles. The van der Waals surface area contributed by atoms with E-state index in [1.165, 1.54) is 23.5 Å². The molecule has 126 valence electrons. The van der Waals surface area contributed by atoms with Gasteiger partial charge in [-0.15, -0.1) is 11.3 Å². The van der Waals surface area contributed by atoms with Crippen LogP contribution in [0, 0.1) is 10.1 Å². The number of hydrazone groups is 1. The quantitative estimate of drug-likeness (QED) is 0.407. The summed E-state index contributed by atoms with van der Waals surface area (Å²) in [6, 6.07) is 13.8. The van der Waals surface area contributed by atoms with Crippen molar-refractivity contribution in [2.24, 2.45) is 5.10 Å². The van der Waals surface area contributed by atoms with E-state index in [0.717, 1.165) is 22.6 Å². The van der Waals surface area contributed by atoms with E-state index < -0.39 is 4.92 Å². The number of ether oxygens (including phenoxy) is 1. The van der Waals surface area contributed by atoms with Crippen molar-refractivity contribution >= 4 is 28.4 Å². The van der Waals surface area contributed by atoms with Gasteiger partial charge in [-0.2, -0.15) is 5.10 Å². The Balaban J connectivity index is 1.64. The molecule has 0 spiro atoms. The first-order valence-corrected chi connectivity index (χ1v) is 8.17. The summed E-state index contributed by atoms with van der Waals surface area (Å²) in [7, 11) is 1.62. The van der Waals surface area contributed by atoms with Crippen LogP contribution in [-0.2, 0) is 0 Å². The number of nitrogens with zero attached hydrogens (tertiary/aromatic N) is 3. The zero-order valence-electron chi connectivity index (χ0n) is 13.2. The number of non-ortho nitro benzene ring substituents is 1. The van der Waals surface area contributed by atoms with Gasteiger partial charge in [-0.1, -0.05) is 0 Å². The SMILES string of the molecule is COc1ccc(/C=N\Nc2nc(-c3ccc([N+](=O)[O-])cc3)cs2)cc1. The van der Waals surface area contributed by atoms with Gasteiger partial charge in [-0.25, -0.2) is 4.98 Å². The average Bonchev–Trinajstić information content (AvgIpc) is 3.11. The number of aromatic nitrogens is 1. The number of nitrogens with one attached hydrogen (secondary N) is 1. The van der Waals surface area contributed by atoms with Crippen LogP contribution in [0.2, 0.25) is 0 Å². The van der Waals surface area contributed by atoms with Crippen molar-refractivity contribution in [1.82, 2.24) is 4.98 Å². The van der Waals surface area contributed by atoms with E-state index in [4.69, 9.17) is 4.74 Å². The fraction of sp³-hybridized carbons (Fsp3) is 0.0588. The van der Waals surface area contributed by atoms with E-state index in [-0.39, 0.29) is 5.69 Å². The molecule has 0 aliphatic rings. The Morgan fingerprint density at radius 2 is 1.92 bits per heavy atom. The maximum Gasteiger partial charge on any atom is 0.269 e. The molecule has 0 saturated heterocycles. The highest BCUT2D eigenvalue weighted by Gasteiger charge is 2.07. The molecule has 0 amide bonds. The topological polar surface area (TPSA) is 89.7 Å². The van der Waals surface area contributed by atoms with Gasteiger partial charge in [-0.05, 0) is 42.0 Å². The predicted molar refractivity (Wildman–Crippen MR) is 98.4 cm³/mol. The lowest BCUT2D eigenvalue weighted by Gasteiger charge is -1.99. The number of thiazole rings is 1. The molecule has 0 aliphatic carbocycles. The van der Waals surface area contributed by atoms with E-state index in [0.29, 0.717) is 5.13 Å². The van der Waals surface area contributed by atoms with Crippen molar-refractivity contribution in [3.05, 3.63) is 69.6 Å². The number of rotatable bonds is 6. The fourth-order valence-corrected chi connectivity index (χ4v) is 2.73. The largest absolute Gasteiger partial charge is 0.497 e. The Kier molecular flexibility index (Phi) is 5.00. The standard InChI is InChI=1S/C17H14N4O3S/c1-24-15-8-2-12(3-9-15)10-18-20-17-19-16(11-25-17)13-4-6-14(7-5-13)21(22)23/h2-11H,1H3,(H,19,20)/b18-10-. The molecule has 0 saturated carbocycles. The van der Waals surface area contributed by atoms with Crippen LogP contribution in [0.5, 0.6) is 5.75 Å². The van der Waals surface area contributed by atoms with Gasteiger partial charge in [0.05, 0.1) is 23.9 Å². The molecule has 0 unspecified atom stereocenters. The van der Waals surface area contributed by atoms with Gasteiger partial charge in [0, 0.05) is 23.1 Å². The average molecular weight is 354 g/mol. The maximum atomic E-state index is 10.7. The third-order valence-corrected chi connectivity index (χ3v) is 4.11. The second kappa shape index (κ2) is 7.54. The zero-order chi connectivity index (χ0) is 17.6. The van der Waals surface area contributed by atoms with Crippen LogP contribution in [0.15, 0.2) is 59.0 Å². The van der Waals surface area contributed by atoms with Crippen molar-refractivity contribution in [3.63, 3.8) is 0 Å². The fourth-order valence-electron chi connectivity index (χ4n) is 2.06. The Morgan fingerprint density at radius 3 is 2.56 bits per heavy atom. The Bertz CT molecular complexity index is 889. The van der Waals surface area contributed by atoms with Crippen molar-refractivity contribution in [3.8, 4) is 17.0 Å². The van der Waals surface area contributed by atoms with Gasteiger partial charge in [0.1, 0.15) is 5.75 Å². The molecule has 0 aliphatic heterocycles. The first-order valence-electron chi connectivity index (χ1n) is 7.29. The minimum Gasteiger partial charge on any atom is -0.497 e. The molecule has 25 heavy (non-hydrogen) atoms. The summed E-state index contributed by atoms with van der Waals surface area (Å²) in [5, 5.41) is 17.3. The number of benzene rings is 2. The highest BCUT2D eigenvalue weighted by molar-refractivity contribution is 7.14. The lowest BCUT2D eigenvalue weighted by Crippen LogP contribution is -1.91. The van der Waals surface area contributed by atoms with E-state index in [1.54, 1.807) is 25.5 Å². The van der Waals surface area contributed by atoms with E-state index >= 15 is 0 Å². The maximum absolute atomic E-state index is 10.7. The number of hydrogen-bond donors (Lipinski definition) is 1. The summed E-state index contributed by atoms with van der Waals surface area (Å²) in [5.41, 5.74) is 5.42. The summed E-state index contributed by atoms with van der Waals surface area (Å²) < 4.78 is 5.10. The van der Waals surface area contributed by atoms with Crippen LogP contribution in [0.25, 0.3) is 11.3 Å². The van der Waals surface area contributed by atoms with Crippen LogP contribution in [-0.4, -0.2) is 23.2 Å². The van der Waals surface area contributed by atoms with Crippen molar-refractivity contribution in [2.45, 2.75) is 0 Å². The summed E-state index contributed by atoms with van der Waals surface area (Å²) in [5.74, 6) is 0.790. The summed E-state index contributed by atoms with van der Waals surface area (Å²) in [4.78, 5) is 14.7. The highest BCUT2D eigenvalue weighted by Crippen LogP contribution is 2.26. The van der Waals surface area contributed by atoms with Crippen LogP contribution >= 0.6 is 11.3 Å². The Morgan fingerprint density at radius 1 is 1.20 bits per heavy atom. The van der Waals surface area contributed by atoms with Crippen LogP contribution < -0.4 is 10.2 Å². The molecular formula is C17H14N4O3S. The predicted octanol–water partition coefficient (Wildman–Crippen LogP) is 4.17. The summed E-state index contributed by atoms with van der Waals surface area (Å²) in [6.07, 6.45) is 1.69. The van der Waals surface area contributed by atoms with Crippen LogP contribution in [0.4, 0.5) is 10.8 Å². The molecule has 1 N–H and O–H groups in total. The molecule has 0 fully saturated rings. The van der Waals surface area contributed by atoms with Crippen molar-refractivity contribution in [2.75, 3.05) is 12.5 Å². The minimum absolute atomic E-state index is 0.0569. The molecule has 0 atom stereocenters. The van der Waals surface area contributed by atoms with Gasteiger partial charge in [-0.3, -0.25) is 15.5 Å². The third-order valence-electron chi connectivity index (χ3n) is 3.37. The van der Waals surface area contributed by atoms with E-state index in [1.807, 2.05) is 29.6 Å². The molecule has 0 radical (unpaired) electrons. The normalized spacial score (nSPS) is 10.8. The molecule has 7 nitrogen and oxygen atoms in total. The first kappa shape index (κ1) is 16.6. The van der Waals surface area contributed by atoms with E-state index in [9.17, 15) is 10.1 Å². The van der Waals surface area contributed by atoms with Crippen LogP contribution in [0.1, 0.15) is 5.56 Å². The second-order valence-corrected chi connectivity index (χ2v) is 5.84. The highest BCUT2D eigenvalue weighted by atomic mass is 32.1. The molecule has 3 aromatic rings. The van der Waals surface area contributed by atoms with Crippen LogP contribution in [0.3, 0.4) is 0 Å². The van der Waals surface area contributed by atoms with E-state index in [2.05, 4.69) is 15.5 Å². The molecule has 3 rings (SSSR count). The van der Waals surface area contributed by atoms with Gasteiger partial charge >= 0.3 is 0 Å². The molecule has 2 aromatic carbocycles. The Labute approximate surface area is 147 Å². The van der Waals surface area contributed by atoms with Crippen molar-refractivity contribution in [1.29, 1.82) is 0 Å². The number of nitro groups is 1. The first-order chi connectivity index (χ1) is 12.2. The Hall–Kier alpha value is -3.26. The summed E-state index contributed by atoms with van der Waals surface area (Å²) >= 11 is 1.41. The lowest BCUT2D eigenvalue weighted by molar-refractivity contribution is -0.384. The third kappa shape index (κ3) is 4.18. The number of methoxy groups -OCH3 is 1. The van der Waals surface area contributed by atoms with Gasteiger partial charge in [0.2, 0.25) is 5.13 Å². The number of nitro benzene ring substituents is 1. The number of hydrogen-bond acceptors (Lipinski definition) is 7. The molecule has 0 bridgehead atoms. The number of anilines is 1. The second-order valence-electron chi connectivity index (χ2n) is 4.99. The summed E-state index contributed by atoms with van der Waals surface area (Å²) in [6.45, 7) is 0. The van der Waals surface area contributed by atoms with Crippen molar-refractivity contribution < 1.29 is 9.66 Å². The smallest absolute Gasteiger partial charge is 0.269 e. The molecule has 8 heteroatoms. The van der Waals surface area contributed by atoms with Gasteiger partial charge < -0.3 is 4.74 Å². The molecule has 1 aromatic heterocycles. The lowest BCUT2D eigenvalue weighted by atomic mass is 10.1.